The Morgan fingerprint density at radius 3 is 2.44 bits per heavy atom. The number of ether oxygens (including phenoxy) is 1. The lowest BCUT2D eigenvalue weighted by atomic mass is 9.45. The average Bonchev–Trinajstić information content (AvgIpc) is 3.15. The van der Waals surface area contributed by atoms with Gasteiger partial charge in [0, 0.05) is 12.3 Å². The van der Waals surface area contributed by atoms with Gasteiger partial charge in [-0.3, -0.25) is 4.79 Å². The Morgan fingerprint density at radius 1 is 1.17 bits per heavy atom. The van der Waals surface area contributed by atoms with E-state index in [9.17, 15) is 15.0 Å². The minimum atomic E-state index is -0.816. The number of aliphatic hydroxyl groups is 2. The molecule has 202 valence electrons. The number of rotatable bonds is 6. The van der Waals surface area contributed by atoms with Crippen molar-refractivity contribution >= 4 is 5.97 Å². The number of fused-ring (bicyclic) bond motifs is 4. The first-order valence-electron chi connectivity index (χ1n) is 14.3. The molecule has 4 unspecified atom stereocenters. The van der Waals surface area contributed by atoms with Gasteiger partial charge in [0.25, 0.3) is 0 Å². The number of allylic oxidation sites excluding steroid dienone is 3. The van der Waals surface area contributed by atoms with E-state index in [0.717, 1.165) is 50.5 Å². The molecule has 0 aromatic heterocycles. The molecule has 0 aromatic carbocycles. The van der Waals surface area contributed by atoms with Gasteiger partial charge in [-0.05, 0) is 96.2 Å². The predicted octanol–water partition coefficient (Wildman–Crippen LogP) is 6.77. The standard InChI is InChI=1S/C32H50O4/c1-18(2)19(3)10-11-20(4)23-13-14-24-22-12-15-25-30(6,7)26(34)16-17-31(25,8)27(22)28(35)29(32(23,24)9)36-21(5)33/h14,18,20,23,25-26,28-29,34-35H,3,10-13,15-17H2,1-2,4-9H3/t20?,23-,25+,26?,28-,29+,31?,32?/m1/s1. The third-order valence-electron chi connectivity index (χ3n) is 11.2. The highest BCUT2D eigenvalue weighted by Gasteiger charge is 2.63. The molecule has 4 aliphatic rings. The first kappa shape index (κ1) is 27.6. The van der Waals surface area contributed by atoms with Gasteiger partial charge in [0.15, 0.2) is 0 Å². The van der Waals surface area contributed by atoms with E-state index in [-0.39, 0.29) is 28.8 Å². The molecule has 0 aromatic rings. The van der Waals surface area contributed by atoms with Crippen molar-refractivity contribution in [1.82, 2.24) is 0 Å². The quantitative estimate of drug-likeness (QED) is 0.313. The molecular formula is C32H50O4. The molecule has 36 heavy (non-hydrogen) atoms. The first-order chi connectivity index (χ1) is 16.7. The van der Waals surface area contributed by atoms with E-state index >= 15 is 0 Å². The van der Waals surface area contributed by atoms with E-state index in [4.69, 9.17) is 4.74 Å². The summed E-state index contributed by atoms with van der Waals surface area (Å²) >= 11 is 0. The third-order valence-corrected chi connectivity index (χ3v) is 11.2. The lowest BCUT2D eigenvalue weighted by Gasteiger charge is -2.61. The highest BCUT2D eigenvalue weighted by Crippen LogP contribution is 2.67. The average molecular weight is 499 g/mol. The predicted molar refractivity (Wildman–Crippen MR) is 145 cm³/mol. The summed E-state index contributed by atoms with van der Waals surface area (Å²) in [5.74, 6) is 1.16. The Kier molecular flexibility index (Phi) is 7.23. The summed E-state index contributed by atoms with van der Waals surface area (Å²) in [7, 11) is 0. The Labute approximate surface area is 219 Å². The molecule has 4 rings (SSSR count). The summed E-state index contributed by atoms with van der Waals surface area (Å²) in [4.78, 5) is 12.4. The molecular weight excluding hydrogens is 448 g/mol. The second kappa shape index (κ2) is 9.42. The molecule has 0 radical (unpaired) electrons. The molecule has 0 heterocycles. The van der Waals surface area contributed by atoms with Crippen molar-refractivity contribution in [3.63, 3.8) is 0 Å². The Balaban J connectivity index is 1.76. The zero-order chi connectivity index (χ0) is 26.8. The van der Waals surface area contributed by atoms with Gasteiger partial charge in [0.2, 0.25) is 0 Å². The van der Waals surface area contributed by atoms with Gasteiger partial charge < -0.3 is 14.9 Å². The molecule has 0 bridgehead atoms. The molecule has 0 saturated heterocycles. The maximum Gasteiger partial charge on any atom is 0.303 e. The van der Waals surface area contributed by atoms with E-state index in [1.165, 1.54) is 23.6 Å². The van der Waals surface area contributed by atoms with Crippen molar-refractivity contribution in [2.45, 2.75) is 119 Å². The second-order valence-electron chi connectivity index (χ2n) is 13.8. The van der Waals surface area contributed by atoms with Gasteiger partial charge in [-0.25, -0.2) is 0 Å². The summed E-state index contributed by atoms with van der Waals surface area (Å²) in [6.45, 7) is 21.4. The highest BCUT2D eigenvalue weighted by molar-refractivity contribution is 5.67. The maximum atomic E-state index is 12.4. The van der Waals surface area contributed by atoms with Gasteiger partial charge in [-0.15, -0.1) is 0 Å². The number of hydrogen-bond donors (Lipinski definition) is 2. The Bertz CT molecular complexity index is 971. The smallest absolute Gasteiger partial charge is 0.303 e. The molecule has 1 fully saturated rings. The molecule has 8 atom stereocenters. The Morgan fingerprint density at radius 2 is 1.83 bits per heavy atom. The van der Waals surface area contributed by atoms with Crippen LogP contribution in [-0.4, -0.2) is 34.5 Å². The van der Waals surface area contributed by atoms with Crippen molar-refractivity contribution in [1.29, 1.82) is 0 Å². The molecule has 2 N–H and O–H groups in total. The maximum absolute atomic E-state index is 12.4. The zero-order valence-corrected chi connectivity index (χ0v) is 24.0. The molecule has 4 heteroatoms. The summed E-state index contributed by atoms with van der Waals surface area (Å²) in [5, 5.41) is 23.0. The Hall–Kier alpha value is -1.39. The highest BCUT2D eigenvalue weighted by atomic mass is 16.6. The molecule has 4 nitrogen and oxygen atoms in total. The molecule has 0 spiro atoms. The van der Waals surface area contributed by atoms with Crippen LogP contribution in [0, 0.1) is 39.9 Å². The number of carbonyl (C=O) groups excluding carboxylic acids is 1. The van der Waals surface area contributed by atoms with Crippen LogP contribution in [0.15, 0.2) is 34.9 Å². The number of carbonyl (C=O) groups is 1. The van der Waals surface area contributed by atoms with E-state index in [1.807, 2.05) is 0 Å². The van der Waals surface area contributed by atoms with Crippen molar-refractivity contribution in [2.75, 3.05) is 0 Å². The van der Waals surface area contributed by atoms with Crippen LogP contribution in [0.3, 0.4) is 0 Å². The van der Waals surface area contributed by atoms with E-state index in [0.29, 0.717) is 17.8 Å². The van der Waals surface area contributed by atoms with Gasteiger partial charge in [-0.2, -0.15) is 0 Å². The van der Waals surface area contributed by atoms with Crippen LogP contribution in [0.4, 0.5) is 0 Å². The van der Waals surface area contributed by atoms with Crippen LogP contribution in [0.5, 0.6) is 0 Å². The van der Waals surface area contributed by atoms with Crippen LogP contribution in [0.1, 0.15) is 100 Å². The second-order valence-corrected chi connectivity index (χ2v) is 13.8. The monoisotopic (exact) mass is 498 g/mol. The van der Waals surface area contributed by atoms with Crippen LogP contribution < -0.4 is 0 Å². The minimum absolute atomic E-state index is 0.213. The molecule has 0 amide bonds. The van der Waals surface area contributed by atoms with Crippen molar-refractivity contribution in [3.8, 4) is 0 Å². The minimum Gasteiger partial charge on any atom is -0.458 e. The lowest BCUT2D eigenvalue weighted by Crippen LogP contribution is -2.60. The first-order valence-corrected chi connectivity index (χ1v) is 14.3. The fourth-order valence-electron chi connectivity index (χ4n) is 8.91. The summed E-state index contributed by atoms with van der Waals surface area (Å²) in [6.07, 6.45) is 7.21. The topological polar surface area (TPSA) is 66.8 Å². The fraction of sp³-hybridized carbons (Fsp3) is 0.781. The summed E-state index contributed by atoms with van der Waals surface area (Å²) in [5.41, 5.74) is 4.18. The van der Waals surface area contributed by atoms with Gasteiger partial charge in [0.1, 0.15) is 12.2 Å². The van der Waals surface area contributed by atoms with Crippen LogP contribution in [-0.2, 0) is 9.53 Å². The fourth-order valence-corrected chi connectivity index (χ4v) is 8.91. The summed E-state index contributed by atoms with van der Waals surface area (Å²) in [6, 6.07) is 0. The molecule has 0 aliphatic heterocycles. The van der Waals surface area contributed by atoms with E-state index < -0.39 is 17.6 Å². The zero-order valence-electron chi connectivity index (χ0n) is 24.0. The van der Waals surface area contributed by atoms with Crippen molar-refractivity contribution in [2.24, 2.45) is 39.9 Å². The van der Waals surface area contributed by atoms with Gasteiger partial charge >= 0.3 is 5.97 Å². The summed E-state index contributed by atoms with van der Waals surface area (Å²) < 4.78 is 6.08. The van der Waals surface area contributed by atoms with Gasteiger partial charge in [-0.1, -0.05) is 66.7 Å². The lowest BCUT2D eigenvalue weighted by molar-refractivity contribution is -0.168. The normalized spacial score (nSPS) is 40.2. The van der Waals surface area contributed by atoms with Gasteiger partial charge in [0.05, 0.1) is 6.10 Å². The number of hydrogen-bond acceptors (Lipinski definition) is 4. The third kappa shape index (κ3) is 4.06. The van der Waals surface area contributed by atoms with Crippen molar-refractivity contribution in [3.05, 3.63) is 34.9 Å². The van der Waals surface area contributed by atoms with Crippen LogP contribution in [0.2, 0.25) is 0 Å². The van der Waals surface area contributed by atoms with Crippen molar-refractivity contribution < 1.29 is 19.7 Å². The van der Waals surface area contributed by atoms with Crippen LogP contribution >= 0.6 is 0 Å². The molecule has 1 saturated carbocycles. The van der Waals surface area contributed by atoms with Crippen LogP contribution in [0.25, 0.3) is 0 Å². The molecule has 4 aliphatic carbocycles. The van der Waals surface area contributed by atoms with E-state index in [1.54, 1.807) is 0 Å². The largest absolute Gasteiger partial charge is 0.458 e. The van der Waals surface area contributed by atoms with E-state index in [2.05, 4.69) is 61.1 Å². The SMILES string of the molecule is C=C(CCC(C)[C@H]1CC=C2C3=C([C@@H](O)[C@H](OC(C)=O)C21C)C1(C)CCC(O)C(C)(C)[C@@H]1CC3)C(C)C. The number of esters is 1. The number of aliphatic hydroxyl groups excluding tert-OH is 2.